The van der Waals surface area contributed by atoms with E-state index in [-0.39, 0.29) is 0 Å². The highest BCUT2D eigenvalue weighted by Gasteiger charge is 2.03. The second-order valence-corrected chi connectivity index (χ2v) is 6.64. The van der Waals surface area contributed by atoms with Gasteiger partial charge in [-0.25, -0.2) is 9.98 Å². The molecule has 0 aliphatic carbocycles. The minimum absolute atomic E-state index is 0.424. The van der Waals surface area contributed by atoms with Gasteiger partial charge in [0.1, 0.15) is 0 Å². The van der Waals surface area contributed by atoms with Gasteiger partial charge in [0, 0.05) is 19.2 Å². The van der Waals surface area contributed by atoms with E-state index in [1.807, 2.05) is 32.4 Å². The maximum Gasteiger partial charge on any atom is 0.213 e. The van der Waals surface area contributed by atoms with Crippen molar-refractivity contribution in [1.29, 1.82) is 0 Å². The zero-order valence-corrected chi connectivity index (χ0v) is 16.0. The van der Waals surface area contributed by atoms with Crippen LogP contribution in [0.4, 0.5) is 5.69 Å². The van der Waals surface area contributed by atoms with Gasteiger partial charge in [-0.2, -0.15) is 0 Å². The zero-order valence-electron chi connectivity index (χ0n) is 16.0. The van der Waals surface area contributed by atoms with E-state index in [0.717, 1.165) is 24.2 Å². The fraction of sp³-hybridized carbons (Fsp3) is 0.429. The molecule has 0 unspecified atom stereocenters. The summed E-state index contributed by atoms with van der Waals surface area (Å²) in [5.41, 5.74) is 4.48. The molecule has 134 valence electrons. The molecule has 4 nitrogen and oxygen atoms in total. The van der Waals surface area contributed by atoms with Crippen molar-refractivity contribution in [1.82, 2.24) is 9.88 Å². The van der Waals surface area contributed by atoms with E-state index in [1.54, 1.807) is 0 Å². The highest BCUT2D eigenvalue weighted by Crippen LogP contribution is 2.20. The lowest BCUT2D eigenvalue weighted by molar-refractivity contribution is 0.299. The Balaban J connectivity index is 1.85. The minimum atomic E-state index is 0.424. The van der Waals surface area contributed by atoms with Crippen molar-refractivity contribution >= 4 is 12.0 Å². The number of rotatable bonds is 8. The number of aryl methyl sites for hydroxylation is 3. The van der Waals surface area contributed by atoms with Crippen LogP contribution in [-0.4, -0.2) is 35.9 Å². The third kappa shape index (κ3) is 5.89. The average molecular weight is 339 g/mol. The molecule has 2 aromatic rings. The number of hydrogen-bond acceptors (Lipinski definition) is 3. The average Bonchev–Trinajstić information content (AvgIpc) is 2.59. The third-order valence-electron chi connectivity index (χ3n) is 4.33. The summed E-state index contributed by atoms with van der Waals surface area (Å²) in [7, 11) is 2.02. The van der Waals surface area contributed by atoms with Crippen LogP contribution >= 0.6 is 0 Å². The van der Waals surface area contributed by atoms with E-state index in [0.29, 0.717) is 18.5 Å². The highest BCUT2D eigenvalue weighted by atomic mass is 16.5. The fourth-order valence-corrected chi connectivity index (χ4v) is 2.36. The fourth-order valence-electron chi connectivity index (χ4n) is 2.36. The Morgan fingerprint density at radius 1 is 1.16 bits per heavy atom. The van der Waals surface area contributed by atoms with Crippen LogP contribution in [-0.2, 0) is 6.42 Å². The maximum absolute atomic E-state index is 5.79. The monoisotopic (exact) mass is 339 g/mol. The Kier molecular flexibility index (Phi) is 6.99. The van der Waals surface area contributed by atoms with Gasteiger partial charge in [-0.1, -0.05) is 24.3 Å². The first kappa shape index (κ1) is 19.0. The Hall–Kier alpha value is -2.36. The predicted molar refractivity (Wildman–Crippen MR) is 105 cm³/mol. The van der Waals surface area contributed by atoms with Crippen LogP contribution in [0.25, 0.3) is 0 Å². The molecule has 0 aliphatic heterocycles. The molecule has 0 atom stereocenters. The number of pyridine rings is 1. The van der Waals surface area contributed by atoms with Crippen molar-refractivity contribution in [2.75, 3.05) is 13.7 Å². The summed E-state index contributed by atoms with van der Waals surface area (Å²) < 4.78 is 5.79. The minimum Gasteiger partial charge on any atom is -0.478 e. The van der Waals surface area contributed by atoms with Crippen LogP contribution in [0.2, 0.25) is 0 Å². The van der Waals surface area contributed by atoms with Gasteiger partial charge >= 0.3 is 0 Å². The first-order chi connectivity index (χ1) is 12.0. The summed E-state index contributed by atoms with van der Waals surface area (Å²) in [6, 6.07) is 12.8. The molecular formula is C21H29N3O. The summed E-state index contributed by atoms with van der Waals surface area (Å²) in [6.45, 7) is 9.04. The molecule has 0 bridgehead atoms. The van der Waals surface area contributed by atoms with Gasteiger partial charge in [-0.05, 0) is 57.7 Å². The van der Waals surface area contributed by atoms with E-state index in [9.17, 15) is 0 Å². The molecule has 0 radical (unpaired) electrons. The number of ether oxygens (including phenoxy) is 1. The summed E-state index contributed by atoms with van der Waals surface area (Å²) in [6.07, 6.45) is 3.84. The molecule has 1 aromatic heterocycles. The number of nitrogens with zero attached hydrogens (tertiary/aromatic N) is 3. The summed E-state index contributed by atoms with van der Waals surface area (Å²) in [5, 5.41) is 0. The summed E-state index contributed by atoms with van der Waals surface area (Å²) >= 11 is 0. The smallest absolute Gasteiger partial charge is 0.213 e. The quantitative estimate of drug-likeness (QED) is 0.397. The van der Waals surface area contributed by atoms with Gasteiger partial charge in [-0.3, -0.25) is 0 Å². The van der Waals surface area contributed by atoms with Crippen LogP contribution in [0.1, 0.15) is 37.1 Å². The third-order valence-corrected chi connectivity index (χ3v) is 4.33. The van der Waals surface area contributed by atoms with Crippen LogP contribution in [0.5, 0.6) is 5.88 Å². The molecule has 0 aliphatic rings. The van der Waals surface area contributed by atoms with Crippen LogP contribution in [0.15, 0.2) is 41.4 Å². The van der Waals surface area contributed by atoms with Gasteiger partial charge in [0.15, 0.2) is 0 Å². The lowest BCUT2D eigenvalue weighted by Gasteiger charge is -2.17. The molecular weight excluding hydrogens is 310 g/mol. The molecule has 0 spiro atoms. The Morgan fingerprint density at radius 2 is 1.92 bits per heavy atom. The molecule has 0 N–H and O–H groups in total. The molecule has 4 heteroatoms. The topological polar surface area (TPSA) is 37.7 Å². The molecule has 2 rings (SSSR count). The lowest BCUT2D eigenvalue weighted by atomic mass is 10.0. The largest absolute Gasteiger partial charge is 0.478 e. The number of hydrogen-bond donors (Lipinski definition) is 0. The molecule has 25 heavy (non-hydrogen) atoms. The van der Waals surface area contributed by atoms with Gasteiger partial charge in [0.25, 0.3) is 0 Å². The van der Waals surface area contributed by atoms with Crippen LogP contribution in [0, 0.1) is 13.8 Å². The normalized spacial score (nSPS) is 11.3. The van der Waals surface area contributed by atoms with E-state index < -0.39 is 0 Å². The summed E-state index contributed by atoms with van der Waals surface area (Å²) in [4.78, 5) is 11.1. The van der Waals surface area contributed by atoms with Crippen molar-refractivity contribution in [3.05, 3.63) is 53.2 Å². The standard InChI is InChI=1S/C21H29N3O/c1-16(2)24(5)15-22-20-12-13-21(23-18(20)4)25-14-8-11-19-10-7-6-9-17(19)3/h6-7,9-10,12-13,15-16H,8,11,14H2,1-5H3. The zero-order chi connectivity index (χ0) is 18.2. The van der Waals surface area contributed by atoms with E-state index in [4.69, 9.17) is 4.74 Å². The van der Waals surface area contributed by atoms with E-state index in [2.05, 4.69) is 59.9 Å². The van der Waals surface area contributed by atoms with Crippen molar-refractivity contribution in [2.45, 2.75) is 46.6 Å². The Morgan fingerprint density at radius 3 is 2.60 bits per heavy atom. The first-order valence-corrected chi connectivity index (χ1v) is 8.88. The van der Waals surface area contributed by atoms with Crippen molar-refractivity contribution in [3.63, 3.8) is 0 Å². The molecule has 0 amide bonds. The predicted octanol–water partition coefficient (Wildman–Crippen LogP) is 4.71. The van der Waals surface area contributed by atoms with Crippen molar-refractivity contribution in [3.8, 4) is 5.88 Å². The molecule has 0 saturated carbocycles. The Bertz CT molecular complexity index is 710. The maximum atomic E-state index is 5.79. The van der Waals surface area contributed by atoms with Crippen LogP contribution in [0.3, 0.4) is 0 Å². The highest BCUT2D eigenvalue weighted by molar-refractivity contribution is 5.62. The Labute approximate surface area is 151 Å². The van der Waals surface area contributed by atoms with E-state index in [1.165, 1.54) is 11.1 Å². The van der Waals surface area contributed by atoms with Crippen LogP contribution < -0.4 is 4.74 Å². The second-order valence-electron chi connectivity index (χ2n) is 6.64. The molecule has 0 saturated heterocycles. The second kappa shape index (κ2) is 9.21. The van der Waals surface area contributed by atoms with Crippen molar-refractivity contribution < 1.29 is 4.74 Å². The number of aliphatic imine (C=N–C) groups is 1. The first-order valence-electron chi connectivity index (χ1n) is 8.88. The van der Waals surface area contributed by atoms with Gasteiger partial charge < -0.3 is 9.64 Å². The number of aromatic nitrogens is 1. The lowest BCUT2D eigenvalue weighted by Crippen LogP contribution is -2.24. The van der Waals surface area contributed by atoms with Gasteiger partial charge in [-0.15, -0.1) is 0 Å². The van der Waals surface area contributed by atoms with Gasteiger partial charge in [0.05, 0.1) is 24.3 Å². The molecule has 1 heterocycles. The van der Waals surface area contributed by atoms with Crippen molar-refractivity contribution in [2.24, 2.45) is 4.99 Å². The SMILES string of the molecule is Cc1ccccc1CCCOc1ccc(N=CN(C)C(C)C)c(C)n1. The van der Waals surface area contributed by atoms with Gasteiger partial charge in [0.2, 0.25) is 5.88 Å². The van der Waals surface area contributed by atoms with E-state index >= 15 is 0 Å². The molecule has 0 fully saturated rings. The number of benzene rings is 1. The summed E-state index contributed by atoms with van der Waals surface area (Å²) in [5.74, 6) is 0.665. The molecule has 1 aromatic carbocycles.